The van der Waals surface area contributed by atoms with Crippen LogP contribution in [-0.2, 0) is 16.0 Å². The lowest BCUT2D eigenvalue weighted by molar-refractivity contribution is -0.137. The predicted octanol–water partition coefficient (Wildman–Crippen LogP) is 0.928. The topological polar surface area (TPSA) is 92.4 Å². The van der Waals surface area contributed by atoms with Crippen LogP contribution in [0.15, 0.2) is 30.3 Å². The van der Waals surface area contributed by atoms with Crippen molar-refractivity contribution in [3.8, 4) is 0 Å². The molecule has 0 aliphatic heterocycles. The fourth-order valence-corrected chi connectivity index (χ4v) is 1.69. The molecule has 0 aliphatic carbocycles. The number of nitrogens with one attached hydrogen (secondary N) is 1. The summed E-state index contributed by atoms with van der Waals surface area (Å²) in [7, 11) is 0. The number of carbonyl (C=O) groups excluding carboxylic acids is 1. The van der Waals surface area contributed by atoms with Crippen molar-refractivity contribution in [1.29, 1.82) is 0 Å². The van der Waals surface area contributed by atoms with Crippen molar-refractivity contribution in [3.05, 3.63) is 35.9 Å². The Balaban J connectivity index is 2.15. The Kier molecular flexibility index (Phi) is 6.60. The molecule has 0 heterocycles. The van der Waals surface area contributed by atoms with E-state index >= 15 is 0 Å². The second-order valence-corrected chi connectivity index (χ2v) is 4.42. The maximum Gasteiger partial charge on any atom is 0.303 e. The fourth-order valence-electron chi connectivity index (χ4n) is 1.69. The van der Waals surface area contributed by atoms with Gasteiger partial charge in [-0.2, -0.15) is 0 Å². The summed E-state index contributed by atoms with van der Waals surface area (Å²) in [5, 5.41) is 11.2. The number of aliphatic carboxylic acids is 1. The zero-order valence-corrected chi connectivity index (χ0v) is 10.8. The SMILES string of the molecule is NC(CCC(=O)O)C(=O)NCCCc1ccccc1. The largest absolute Gasteiger partial charge is 0.481 e. The minimum absolute atomic E-state index is 0.0847. The van der Waals surface area contributed by atoms with E-state index in [1.165, 1.54) is 5.56 Å². The number of amides is 1. The number of carboxylic acids is 1. The summed E-state index contributed by atoms with van der Waals surface area (Å²) in [4.78, 5) is 21.9. The van der Waals surface area contributed by atoms with Crippen LogP contribution in [0.2, 0.25) is 0 Å². The van der Waals surface area contributed by atoms with E-state index in [2.05, 4.69) is 5.32 Å². The molecule has 4 N–H and O–H groups in total. The molecule has 5 heteroatoms. The number of nitrogens with two attached hydrogens (primary N) is 1. The summed E-state index contributed by atoms with van der Waals surface area (Å²) in [5.41, 5.74) is 6.81. The van der Waals surface area contributed by atoms with Crippen LogP contribution < -0.4 is 11.1 Å². The van der Waals surface area contributed by atoms with Gasteiger partial charge in [-0.05, 0) is 24.8 Å². The van der Waals surface area contributed by atoms with Crippen LogP contribution in [-0.4, -0.2) is 29.6 Å². The van der Waals surface area contributed by atoms with Crippen LogP contribution >= 0.6 is 0 Å². The second kappa shape index (κ2) is 8.26. The van der Waals surface area contributed by atoms with Gasteiger partial charge in [-0.25, -0.2) is 0 Å². The Hall–Kier alpha value is -1.88. The van der Waals surface area contributed by atoms with Crippen molar-refractivity contribution >= 4 is 11.9 Å². The number of benzene rings is 1. The molecular weight excluding hydrogens is 244 g/mol. The first-order valence-corrected chi connectivity index (χ1v) is 6.38. The van der Waals surface area contributed by atoms with Gasteiger partial charge in [0.25, 0.3) is 0 Å². The van der Waals surface area contributed by atoms with Crippen LogP contribution in [0.25, 0.3) is 0 Å². The number of rotatable bonds is 8. The molecule has 0 fully saturated rings. The minimum Gasteiger partial charge on any atom is -0.481 e. The Labute approximate surface area is 112 Å². The Morgan fingerprint density at radius 1 is 1.26 bits per heavy atom. The Morgan fingerprint density at radius 2 is 1.95 bits per heavy atom. The van der Waals surface area contributed by atoms with E-state index in [9.17, 15) is 9.59 Å². The van der Waals surface area contributed by atoms with Crippen molar-refractivity contribution < 1.29 is 14.7 Å². The van der Waals surface area contributed by atoms with Gasteiger partial charge in [-0.15, -0.1) is 0 Å². The van der Waals surface area contributed by atoms with E-state index < -0.39 is 12.0 Å². The first kappa shape index (κ1) is 15.2. The fraction of sp³-hybridized carbons (Fsp3) is 0.429. The number of hydrogen-bond acceptors (Lipinski definition) is 3. The second-order valence-electron chi connectivity index (χ2n) is 4.42. The smallest absolute Gasteiger partial charge is 0.303 e. The van der Waals surface area contributed by atoms with Gasteiger partial charge in [-0.1, -0.05) is 30.3 Å². The van der Waals surface area contributed by atoms with Gasteiger partial charge in [0.1, 0.15) is 0 Å². The van der Waals surface area contributed by atoms with E-state index in [-0.39, 0.29) is 18.7 Å². The first-order chi connectivity index (χ1) is 9.09. The third kappa shape index (κ3) is 6.57. The van der Waals surface area contributed by atoms with E-state index in [0.29, 0.717) is 6.54 Å². The summed E-state index contributed by atoms with van der Waals surface area (Å²) in [5.74, 6) is -1.22. The summed E-state index contributed by atoms with van der Waals surface area (Å²) in [6, 6.07) is 9.27. The summed E-state index contributed by atoms with van der Waals surface area (Å²) in [6.45, 7) is 0.550. The molecule has 0 saturated carbocycles. The van der Waals surface area contributed by atoms with Crippen LogP contribution in [0.5, 0.6) is 0 Å². The number of carboxylic acid groups (broad SMARTS) is 1. The van der Waals surface area contributed by atoms with Gasteiger partial charge in [0, 0.05) is 13.0 Å². The van der Waals surface area contributed by atoms with Crippen molar-refractivity contribution in [2.45, 2.75) is 31.7 Å². The molecule has 1 unspecified atom stereocenters. The van der Waals surface area contributed by atoms with Gasteiger partial charge in [0.15, 0.2) is 0 Å². The molecule has 1 amide bonds. The molecule has 1 aromatic carbocycles. The van der Waals surface area contributed by atoms with Crippen molar-refractivity contribution in [2.24, 2.45) is 5.73 Å². The van der Waals surface area contributed by atoms with Gasteiger partial charge in [0.2, 0.25) is 5.91 Å². The predicted molar refractivity (Wildman–Crippen MR) is 72.6 cm³/mol. The molecule has 0 saturated heterocycles. The maximum atomic E-state index is 11.5. The highest BCUT2D eigenvalue weighted by Gasteiger charge is 2.13. The average molecular weight is 264 g/mol. The molecule has 0 spiro atoms. The molecule has 104 valence electrons. The van der Waals surface area contributed by atoms with Crippen molar-refractivity contribution in [1.82, 2.24) is 5.32 Å². The zero-order chi connectivity index (χ0) is 14.1. The lowest BCUT2D eigenvalue weighted by Crippen LogP contribution is -2.41. The summed E-state index contributed by atoms with van der Waals surface area (Å²) in [6.07, 6.45) is 1.81. The third-order valence-corrected chi connectivity index (χ3v) is 2.79. The standard InChI is InChI=1S/C14H20N2O3/c15-12(8-9-13(17)18)14(19)16-10-4-7-11-5-2-1-3-6-11/h1-3,5-6,12H,4,7-10,15H2,(H,16,19)(H,17,18). The Morgan fingerprint density at radius 3 is 2.58 bits per heavy atom. The van der Waals surface area contributed by atoms with E-state index in [0.717, 1.165) is 12.8 Å². The molecule has 0 aliphatic rings. The normalized spacial score (nSPS) is 11.8. The summed E-state index contributed by atoms with van der Waals surface area (Å²) < 4.78 is 0. The average Bonchev–Trinajstić information content (AvgIpc) is 2.41. The summed E-state index contributed by atoms with van der Waals surface area (Å²) >= 11 is 0. The number of hydrogen-bond donors (Lipinski definition) is 3. The molecule has 1 rings (SSSR count). The van der Waals surface area contributed by atoms with E-state index in [1.54, 1.807) is 0 Å². The molecule has 5 nitrogen and oxygen atoms in total. The lowest BCUT2D eigenvalue weighted by Gasteiger charge is -2.11. The van der Waals surface area contributed by atoms with Gasteiger partial charge < -0.3 is 16.2 Å². The van der Waals surface area contributed by atoms with Crippen LogP contribution in [0.4, 0.5) is 0 Å². The number of carbonyl (C=O) groups is 2. The van der Waals surface area contributed by atoms with Crippen LogP contribution in [0.3, 0.4) is 0 Å². The van der Waals surface area contributed by atoms with E-state index in [4.69, 9.17) is 10.8 Å². The highest BCUT2D eigenvalue weighted by molar-refractivity contribution is 5.82. The molecule has 19 heavy (non-hydrogen) atoms. The molecular formula is C14H20N2O3. The van der Waals surface area contributed by atoms with Crippen molar-refractivity contribution in [3.63, 3.8) is 0 Å². The first-order valence-electron chi connectivity index (χ1n) is 6.38. The molecule has 0 radical (unpaired) electrons. The highest BCUT2D eigenvalue weighted by Crippen LogP contribution is 2.01. The number of aryl methyl sites for hydroxylation is 1. The lowest BCUT2D eigenvalue weighted by atomic mass is 10.1. The minimum atomic E-state index is -0.938. The van der Waals surface area contributed by atoms with Crippen LogP contribution in [0, 0.1) is 0 Å². The molecule has 1 atom stereocenters. The molecule has 1 aromatic rings. The van der Waals surface area contributed by atoms with E-state index in [1.807, 2.05) is 30.3 Å². The zero-order valence-electron chi connectivity index (χ0n) is 10.8. The van der Waals surface area contributed by atoms with Gasteiger partial charge in [0.05, 0.1) is 6.04 Å². The van der Waals surface area contributed by atoms with Gasteiger partial charge >= 0.3 is 5.97 Å². The monoisotopic (exact) mass is 264 g/mol. The quantitative estimate of drug-likeness (QED) is 0.609. The van der Waals surface area contributed by atoms with Gasteiger partial charge in [-0.3, -0.25) is 9.59 Å². The Bertz CT molecular complexity index is 406. The van der Waals surface area contributed by atoms with Crippen LogP contribution in [0.1, 0.15) is 24.8 Å². The molecule has 0 aromatic heterocycles. The third-order valence-electron chi connectivity index (χ3n) is 2.79. The molecule has 0 bridgehead atoms. The van der Waals surface area contributed by atoms with Crippen molar-refractivity contribution in [2.75, 3.05) is 6.54 Å². The maximum absolute atomic E-state index is 11.5. The highest BCUT2D eigenvalue weighted by atomic mass is 16.4.